The van der Waals surface area contributed by atoms with Crippen LogP contribution < -0.4 is 5.32 Å². The van der Waals surface area contributed by atoms with Crippen molar-refractivity contribution in [1.29, 1.82) is 0 Å². The molecule has 1 heterocycles. The zero-order chi connectivity index (χ0) is 21.9. The fraction of sp³-hybridized carbons (Fsp3) is 0.158. The van der Waals surface area contributed by atoms with Crippen LogP contribution in [0.1, 0.15) is 23.0 Å². The van der Waals surface area contributed by atoms with Crippen molar-refractivity contribution in [2.75, 3.05) is 11.1 Å². The van der Waals surface area contributed by atoms with Crippen LogP contribution >= 0.6 is 23.1 Å². The smallest absolute Gasteiger partial charge is 0.284 e. The van der Waals surface area contributed by atoms with Crippen LogP contribution in [0.15, 0.2) is 62.0 Å². The largest absolute Gasteiger partial charge is 0.322 e. The van der Waals surface area contributed by atoms with Gasteiger partial charge in [-0.25, -0.2) is 13.4 Å². The first-order valence-corrected chi connectivity index (χ1v) is 12.1. The first-order chi connectivity index (χ1) is 14.2. The molecule has 1 N–H and O–H groups in total. The molecule has 0 aliphatic rings. The van der Waals surface area contributed by atoms with Gasteiger partial charge in [-0.15, -0.1) is 11.3 Å². The lowest BCUT2D eigenvalue weighted by Crippen LogP contribution is -2.12. The topological polar surface area (TPSA) is 119 Å². The number of nitro benzene ring substituents is 1. The van der Waals surface area contributed by atoms with E-state index in [1.807, 2.05) is 12.3 Å². The summed E-state index contributed by atoms with van der Waals surface area (Å²) in [4.78, 5) is 28.3. The van der Waals surface area contributed by atoms with E-state index in [0.717, 1.165) is 5.69 Å². The molecule has 0 saturated heterocycles. The first kappa shape index (κ1) is 21.9. The zero-order valence-electron chi connectivity index (χ0n) is 16.0. The van der Waals surface area contributed by atoms with Gasteiger partial charge in [0.25, 0.3) is 11.6 Å². The number of aryl methyl sites for hydroxylation is 1. The van der Waals surface area contributed by atoms with Gasteiger partial charge in [-0.2, -0.15) is 0 Å². The number of thiazole rings is 1. The van der Waals surface area contributed by atoms with E-state index in [9.17, 15) is 23.3 Å². The Hall–Kier alpha value is -2.76. The average molecular weight is 464 g/mol. The second-order valence-corrected chi connectivity index (χ2v) is 10.6. The fourth-order valence-corrected chi connectivity index (χ4v) is 5.24. The Morgan fingerprint density at radius 2 is 1.93 bits per heavy atom. The highest BCUT2D eigenvalue weighted by molar-refractivity contribution is 8.01. The molecule has 0 bridgehead atoms. The number of nitrogens with zero attached hydrogens (tertiary/aromatic N) is 2. The summed E-state index contributed by atoms with van der Waals surface area (Å²) < 4.78 is 24.4. The molecule has 0 radical (unpaired) electrons. The maximum atomic E-state index is 12.5. The van der Waals surface area contributed by atoms with E-state index < -0.39 is 20.7 Å². The minimum absolute atomic E-state index is 0.0205. The van der Waals surface area contributed by atoms with E-state index in [1.165, 1.54) is 65.6 Å². The van der Waals surface area contributed by atoms with Crippen LogP contribution in [0.2, 0.25) is 0 Å². The van der Waals surface area contributed by atoms with Crippen molar-refractivity contribution in [3.05, 3.63) is 69.2 Å². The lowest BCUT2D eigenvalue weighted by molar-refractivity contribution is -0.387. The summed E-state index contributed by atoms with van der Waals surface area (Å²) in [7, 11) is -3.33. The van der Waals surface area contributed by atoms with Gasteiger partial charge in [-0.05, 0) is 43.3 Å². The second-order valence-electron chi connectivity index (χ2n) is 6.18. The average Bonchev–Trinajstić information content (AvgIpc) is 3.13. The molecule has 0 saturated carbocycles. The monoisotopic (exact) mass is 463 g/mol. The number of nitrogens with one attached hydrogen (secondary N) is 1. The van der Waals surface area contributed by atoms with Crippen molar-refractivity contribution in [1.82, 2.24) is 4.98 Å². The van der Waals surface area contributed by atoms with Gasteiger partial charge in [0.15, 0.2) is 14.2 Å². The highest BCUT2D eigenvalue weighted by Crippen LogP contribution is 2.36. The molecule has 3 aromatic rings. The Morgan fingerprint density at radius 1 is 1.23 bits per heavy atom. The number of carbonyl (C=O) groups is 1. The van der Waals surface area contributed by atoms with E-state index in [0.29, 0.717) is 14.9 Å². The van der Waals surface area contributed by atoms with Crippen molar-refractivity contribution in [2.45, 2.75) is 28.0 Å². The highest BCUT2D eigenvalue weighted by Gasteiger charge is 2.20. The molecule has 1 amide bonds. The molecule has 11 heteroatoms. The zero-order valence-corrected chi connectivity index (χ0v) is 18.4. The van der Waals surface area contributed by atoms with Gasteiger partial charge in [0.2, 0.25) is 0 Å². The van der Waals surface area contributed by atoms with E-state index in [1.54, 1.807) is 6.92 Å². The number of benzene rings is 2. The van der Waals surface area contributed by atoms with Gasteiger partial charge < -0.3 is 5.32 Å². The van der Waals surface area contributed by atoms with Gasteiger partial charge in [0, 0.05) is 28.4 Å². The standard InChI is InChI=1S/C19H17N3O5S3/c1-3-30(26,27)15-7-5-14(6-8-15)21-18(23)13-4-9-17(16(10-13)22(24)25)29-19-20-12(2)11-28-19/h4-11H,3H2,1-2H3,(H,21,23). The third kappa shape index (κ3) is 5.04. The minimum Gasteiger partial charge on any atom is -0.322 e. The van der Waals surface area contributed by atoms with Crippen LogP contribution in [0.25, 0.3) is 0 Å². The Labute approximate surface area is 181 Å². The summed E-state index contributed by atoms with van der Waals surface area (Å²) in [6.07, 6.45) is 0. The summed E-state index contributed by atoms with van der Waals surface area (Å²) in [5.74, 6) is -0.557. The van der Waals surface area contributed by atoms with Crippen LogP contribution in [0, 0.1) is 17.0 Å². The van der Waals surface area contributed by atoms with Crippen molar-refractivity contribution in [3.8, 4) is 0 Å². The van der Waals surface area contributed by atoms with E-state index in [2.05, 4.69) is 10.3 Å². The number of hydrogen-bond donors (Lipinski definition) is 1. The lowest BCUT2D eigenvalue weighted by atomic mass is 10.2. The molecule has 30 heavy (non-hydrogen) atoms. The van der Waals surface area contributed by atoms with Crippen molar-refractivity contribution < 1.29 is 18.1 Å². The van der Waals surface area contributed by atoms with Crippen LogP contribution in [0.4, 0.5) is 11.4 Å². The molecule has 0 fully saturated rings. The Morgan fingerprint density at radius 3 is 2.50 bits per heavy atom. The van der Waals surface area contributed by atoms with Crippen LogP contribution in [-0.2, 0) is 9.84 Å². The molecule has 0 unspecified atom stereocenters. The summed E-state index contributed by atoms with van der Waals surface area (Å²) in [6, 6.07) is 10.0. The molecule has 0 aliphatic heterocycles. The molecule has 8 nitrogen and oxygen atoms in total. The maximum Gasteiger partial charge on any atom is 0.284 e. The number of anilines is 1. The van der Waals surface area contributed by atoms with Crippen molar-refractivity contribution in [3.63, 3.8) is 0 Å². The number of hydrogen-bond acceptors (Lipinski definition) is 8. The molecule has 2 aromatic carbocycles. The highest BCUT2D eigenvalue weighted by atomic mass is 32.2. The van der Waals surface area contributed by atoms with Crippen LogP contribution in [0.3, 0.4) is 0 Å². The lowest BCUT2D eigenvalue weighted by Gasteiger charge is -2.08. The van der Waals surface area contributed by atoms with Gasteiger partial charge >= 0.3 is 0 Å². The van der Waals surface area contributed by atoms with E-state index >= 15 is 0 Å². The number of sulfone groups is 1. The molecule has 156 valence electrons. The number of aromatic nitrogens is 1. The number of amides is 1. The molecule has 0 aliphatic carbocycles. The van der Waals surface area contributed by atoms with Crippen LogP contribution in [0.5, 0.6) is 0 Å². The summed E-state index contributed by atoms with van der Waals surface area (Å²) in [5, 5.41) is 16.0. The minimum atomic E-state index is -3.33. The third-order valence-corrected chi connectivity index (χ3v) is 7.94. The quantitative estimate of drug-likeness (QED) is 0.403. The van der Waals surface area contributed by atoms with Crippen molar-refractivity contribution in [2.24, 2.45) is 0 Å². The normalized spacial score (nSPS) is 11.3. The Balaban J connectivity index is 1.80. The van der Waals surface area contributed by atoms with Gasteiger partial charge in [-0.1, -0.05) is 18.7 Å². The Bertz CT molecular complexity index is 1200. The van der Waals surface area contributed by atoms with Crippen LogP contribution in [-0.4, -0.2) is 30.0 Å². The summed E-state index contributed by atoms with van der Waals surface area (Å²) >= 11 is 2.56. The van der Waals surface area contributed by atoms with E-state index in [4.69, 9.17) is 0 Å². The predicted octanol–water partition coefficient (Wildman–Crippen LogP) is 4.56. The molecule has 1 aromatic heterocycles. The molecule has 0 atom stereocenters. The number of nitro groups is 1. The second kappa shape index (κ2) is 8.94. The SMILES string of the molecule is CCS(=O)(=O)c1ccc(NC(=O)c2ccc(Sc3nc(C)cs3)c([N+](=O)[O-])c2)cc1. The summed E-state index contributed by atoms with van der Waals surface area (Å²) in [6.45, 7) is 3.39. The summed E-state index contributed by atoms with van der Waals surface area (Å²) in [5.41, 5.74) is 1.14. The molecular formula is C19H17N3O5S3. The maximum absolute atomic E-state index is 12.5. The number of rotatable bonds is 7. The third-order valence-electron chi connectivity index (χ3n) is 4.06. The molecule has 0 spiro atoms. The number of carbonyl (C=O) groups excluding carboxylic acids is 1. The molecular weight excluding hydrogens is 446 g/mol. The van der Waals surface area contributed by atoms with Gasteiger partial charge in [0.1, 0.15) is 0 Å². The fourth-order valence-electron chi connectivity index (χ4n) is 2.48. The van der Waals surface area contributed by atoms with Gasteiger partial charge in [-0.3, -0.25) is 14.9 Å². The van der Waals surface area contributed by atoms with Gasteiger partial charge in [0.05, 0.1) is 20.5 Å². The predicted molar refractivity (Wildman–Crippen MR) is 116 cm³/mol. The van der Waals surface area contributed by atoms with Crippen molar-refractivity contribution >= 4 is 50.2 Å². The van der Waals surface area contributed by atoms with E-state index in [-0.39, 0.29) is 21.9 Å². The first-order valence-electron chi connectivity index (χ1n) is 8.72. The molecule has 3 rings (SSSR count). The Kier molecular flexibility index (Phi) is 6.54.